The summed E-state index contributed by atoms with van der Waals surface area (Å²) in [6.07, 6.45) is 2.93. The second kappa shape index (κ2) is 7.50. The number of nitrogens with zero attached hydrogens (tertiary/aromatic N) is 2. The van der Waals surface area contributed by atoms with E-state index in [1.54, 1.807) is 11.0 Å². The van der Waals surface area contributed by atoms with Crippen LogP contribution in [-0.4, -0.2) is 42.7 Å². The van der Waals surface area contributed by atoms with Crippen molar-refractivity contribution in [3.8, 4) is 17.0 Å². The maximum atomic E-state index is 12.2. The summed E-state index contributed by atoms with van der Waals surface area (Å²) in [5.74, 6) is 0.389. The average Bonchev–Trinajstić information content (AvgIpc) is 3.36. The van der Waals surface area contributed by atoms with Crippen LogP contribution in [0.3, 0.4) is 0 Å². The Bertz CT molecular complexity index is 889. The van der Waals surface area contributed by atoms with Crippen molar-refractivity contribution in [1.82, 2.24) is 4.98 Å². The maximum absolute atomic E-state index is 12.2. The van der Waals surface area contributed by atoms with E-state index in [0.29, 0.717) is 29.7 Å². The molecule has 1 unspecified atom stereocenters. The van der Waals surface area contributed by atoms with Crippen molar-refractivity contribution in [3.05, 3.63) is 36.2 Å². The number of thiazole rings is 1. The molecule has 1 aromatic heterocycles. The summed E-state index contributed by atoms with van der Waals surface area (Å²) in [5.41, 5.74) is 2.26. The van der Waals surface area contributed by atoms with Crippen molar-refractivity contribution in [2.24, 2.45) is 0 Å². The third kappa shape index (κ3) is 3.58. The molecule has 1 fully saturated rings. The highest BCUT2D eigenvalue weighted by atomic mass is 32.1. The number of hydrogen-bond acceptors (Lipinski definition) is 6. The summed E-state index contributed by atoms with van der Waals surface area (Å²) in [6.45, 7) is 4.77. The lowest BCUT2D eigenvalue weighted by atomic mass is 10.1. The number of ether oxygens (including phenoxy) is 2. The highest BCUT2D eigenvalue weighted by molar-refractivity contribution is 7.14. The minimum absolute atomic E-state index is 0.0241. The minimum atomic E-state index is -0.392. The van der Waals surface area contributed by atoms with Gasteiger partial charge in [0.25, 0.3) is 11.8 Å². The van der Waals surface area contributed by atoms with E-state index < -0.39 is 6.10 Å². The number of amides is 2. The fourth-order valence-corrected chi connectivity index (χ4v) is 3.85. The van der Waals surface area contributed by atoms with E-state index in [1.165, 1.54) is 11.3 Å². The Kier molecular flexibility index (Phi) is 4.91. The molecule has 1 aromatic carbocycles. The van der Waals surface area contributed by atoms with Crippen LogP contribution in [-0.2, 0) is 14.3 Å². The van der Waals surface area contributed by atoms with Crippen LogP contribution in [0, 0.1) is 0 Å². The Labute approximate surface area is 160 Å². The number of carbonyl (C=O) groups is 2. The topological polar surface area (TPSA) is 80.8 Å². The molecule has 1 N–H and O–H groups in total. The summed E-state index contributed by atoms with van der Waals surface area (Å²) < 4.78 is 10.9. The van der Waals surface area contributed by atoms with Crippen LogP contribution >= 0.6 is 11.3 Å². The molecule has 0 radical (unpaired) electrons. The SMILES string of the molecule is C=CCN1C(=O)COc2ccc(-c3csc(NC(=O)C4CCCO4)n3)cc21. The van der Waals surface area contributed by atoms with Crippen molar-refractivity contribution < 1.29 is 19.1 Å². The van der Waals surface area contributed by atoms with Crippen molar-refractivity contribution in [3.63, 3.8) is 0 Å². The van der Waals surface area contributed by atoms with Gasteiger partial charge in [-0.3, -0.25) is 14.9 Å². The predicted molar refractivity (Wildman–Crippen MR) is 103 cm³/mol. The Hall–Kier alpha value is -2.71. The lowest BCUT2D eigenvalue weighted by Crippen LogP contribution is -2.38. The van der Waals surface area contributed by atoms with Crippen molar-refractivity contribution in [2.75, 3.05) is 30.0 Å². The van der Waals surface area contributed by atoms with Crippen LogP contribution in [0.1, 0.15) is 12.8 Å². The highest BCUT2D eigenvalue weighted by Gasteiger charge is 2.26. The molecular formula is C19H19N3O4S. The first-order valence-electron chi connectivity index (χ1n) is 8.72. The Morgan fingerprint density at radius 2 is 2.37 bits per heavy atom. The number of aromatic nitrogens is 1. The van der Waals surface area contributed by atoms with Gasteiger partial charge >= 0.3 is 0 Å². The second-order valence-electron chi connectivity index (χ2n) is 6.29. The zero-order chi connectivity index (χ0) is 18.8. The van der Waals surface area contributed by atoms with Gasteiger partial charge in [0, 0.05) is 24.1 Å². The number of rotatable bonds is 5. The van der Waals surface area contributed by atoms with E-state index in [9.17, 15) is 9.59 Å². The van der Waals surface area contributed by atoms with E-state index in [4.69, 9.17) is 9.47 Å². The summed E-state index contributed by atoms with van der Waals surface area (Å²) >= 11 is 1.35. The molecule has 1 atom stereocenters. The molecule has 0 bridgehead atoms. The molecular weight excluding hydrogens is 366 g/mol. The van der Waals surface area contributed by atoms with Gasteiger partial charge in [-0.15, -0.1) is 17.9 Å². The average molecular weight is 385 g/mol. The smallest absolute Gasteiger partial charge is 0.265 e. The molecule has 3 heterocycles. The van der Waals surface area contributed by atoms with Crippen molar-refractivity contribution in [2.45, 2.75) is 18.9 Å². The number of anilines is 2. The van der Waals surface area contributed by atoms with Gasteiger partial charge in [0.1, 0.15) is 11.9 Å². The van der Waals surface area contributed by atoms with Crippen molar-refractivity contribution in [1.29, 1.82) is 0 Å². The number of carbonyl (C=O) groups excluding carboxylic acids is 2. The molecule has 2 aliphatic rings. The van der Waals surface area contributed by atoms with Crippen molar-refractivity contribution >= 4 is 34.0 Å². The van der Waals surface area contributed by atoms with Gasteiger partial charge in [0.15, 0.2) is 11.7 Å². The van der Waals surface area contributed by atoms with Gasteiger partial charge < -0.3 is 14.4 Å². The zero-order valence-corrected chi connectivity index (χ0v) is 15.5. The normalized spacial score (nSPS) is 18.7. The van der Waals surface area contributed by atoms with Crippen LogP contribution in [0.5, 0.6) is 5.75 Å². The van der Waals surface area contributed by atoms with Gasteiger partial charge in [-0.25, -0.2) is 4.98 Å². The molecule has 4 rings (SSSR count). The third-order valence-corrected chi connectivity index (χ3v) is 5.22. The Balaban J connectivity index is 1.56. The summed E-state index contributed by atoms with van der Waals surface area (Å²) in [6, 6.07) is 5.59. The van der Waals surface area contributed by atoms with E-state index >= 15 is 0 Å². The number of nitrogens with one attached hydrogen (secondary N) is 1. The summed E-state index contributed by atoms with van der Waals surface area (Å²) in [5, 5.41) is 5.21. The Morgan fingerprint density at radius 3 is 3.15 bits per heavy atom. The molecule has 2 aliphatic heterocycles. The maximum Gasteiger partial charge on any atom is 0.265 e. The summed E-state index contributed by atoms with van der Waals surface area (Å²) in [4.78, 5) is 30.4. The molecule has 8 heteroatoms. The Morgan fingerprint density at radius 1 is 1.48 bits per heavy atom. The van der Waals surface area contributed by atoms with Crippen LogP contribution in [0.4, 0.5) is 10.8 Å². The quantitative estimate of drug-likeness (QED) is 0.801. The van der Waals surface area contributed by atoms with Gasteiger partial charge in [-0.2, -0.15) is 0 Å². The number of hydrogen-bond donors (Lipinski definition) is 1. The van der Waals surface area contributed by atoms with Gasteiger partial charge in [-0.1, -0.05) is 6.08 Å². The second-order valence-corrected chi connectivity index (χ2v) is 7.15. The van der Waals surface area contributed by atoms with E-state index in [2.05, 4.69) is 16.9 Å². The predicted octanol–water partition coefficient (Wildman–Crippen LogP) is 2.84. The standard InChI is InChI=1S/C19H19N3O4S/c1-2-7-22-14-9-12(5-6-15(14)26-10-17(22)23)13-11-27-19(20-13)21-18(24)16-4-3-8-25-16/h2,5-6,9,11,16H,1,3-4,7-8,10H2,(H,20,21,24). The fraction of sp³-hybridized carbons (Fsp3) is 0.316. The first-order chi connectivity index (χ1) is 13.2. The molecule has 0 saturated carbocycles. The third-order valence-electron chi connectivity index (χ3n) is 4.47. The van der Waals surface area contributed by atoms with E-state index in [-0.39, 0.29) is 18.4 Å². The largest absolute Gasteiger partial charge is 0.482 e. The lowest BCUT2D eigenvalue weighted by molar-refractivity contribution is -0.124. The number of fused-ring (bicyclic) bond motifs is 1. The molecule has 140 valence electrons. The van der Waals surface area contributed by atoms with Crippen LogP contribution in [0.2, 0.25) is 0 Å². The van der Waals surface area contributed by atoms with E-state index in [1.807, 2.05) is 23.6 Å². The number of benzene rings is 1. The molecule has 27 heavy (non-hydrogen) atoms. The van der Waals surface area contributed by atoms with Gasteiger partial charge in [0.2, 0.25) is 0 Å². The molecule has 7 nitrogen and oxygen atoms in total. The molecule has 2 aromatic rings. The molecule has 0 spiro atoms. The molecule has 2 amide bonds. The molecule has 1 saturated heterocycles. The minimum Gasteiger partial charge on any atom is -0.482 e. The summed E-state index contributed by atoms with van der Waals surface area (Å²) in [7, 11) is 0. The lowest BCUT2D eigenvalue weighted by Gasteiger charge is -2.28. The first-order valence-corrected chi connectivity index (χ1v) is 9.60. The fourth-order valence-electron chi connectivity index (χ4n) is 3.12. The van der Waals surface area contributed by atoms with Crippen LogP contribution < -0.4 is 15.0 Å². The van der Waals surface area contributed by atoms with Gasteiger partial charge in [0.05, 0.1) is 11.4 Å². The van der Waals surface area contributed by atoms with E-state index in [0.717, 1.165) is 24.1 Å². The molecule has 0 aliphatic carbocycles. The first kappa shape index (κ1) is 17.7. The monoisotopic (exact) mass is 385 g/mol. The highest BCUT2D eigenvalue weighted by Crippen LogP contribution is 2.36. The van der Waals surface area contributed by atoms with Crippen LogP contribution in [0.25, 0.3) is 11.3 Å². The van der Waals surface area contributed by atoms with Gasteiger partial charge in [-0.05, 0) is 31.0 Å². The zero-order valence-electron chi connectivity index (χ0n) is 14.6. The van der Waals surface area contributed by atoms with Crippen LogP contribution in [0.15, 0.2) is 36.2 Å².